The molecule has 0 saturated carbocycles. The smallest absolute Gasteiger partial charge is 0.358 e. The standard InChI is InChI=1S/C13H19N3O4/c1-9-11(12(17)18)14-15-16(9)10-2-5-20-13(8-10)3-6-19-7-4-13/h10H,2-8H2,1H3,(H,17,18). The fourth-order valence-electron chi connectivity index (χ4n) is 3.19. The number of rotatable bonds is 2. The predicted molar refractivity (Wildman–Crippen MR) is 68.7 cm³/mol. The third-order valence-corrected chi connectivity index (χ3v) is 4.35. The fourth-order valence-corrected chi connectivity index (χ4v) is 3.19. The van der Waals surface area contributed by atoms with E-state index < -0.39 is 5.97 Å². The summed E-state index contributed by atoms with van der Waals surface area (Å²) in [6, 6.07) is 0.155. The molecule has 2 fully saturated rings. The lowest BCUT2D eigenvalue weighted by atomic mass is 9.84. The summed E-state index contributed by atoms with van der Waals surface area (Å²) in [4.78, 5) is 11.1. The Morgan fingerprint density at radius 1 is 1.40 bits per heavy atom. The van der Waals surface area contributed by atoms with Gasteiger partial charge in [0.05, 0.1) is 17.3 Å². The molecule has 1 N–H and O–H groups in total. The van der Waals surface area contributed by atoms with E-state index in [1.807, 2.05) is 0 Å². The highest BCUT2D eigenvalue weighted by Crippen LogP contribution is 2.39. The summed E-state index contributed by atoms with van der Waals surface area (Å²) in [5.74, 6) is -1.03. The van der Waals surface area contributed by atoms with Gasteiger partial charge in [-0.2, -0.15) is 0 Å². The van der Waals surface area contributed by atoms with Crippen LogP contribution >= 0.6 is 0 Å². The van der Waals surface area contributed by atoms with Crippen molar-refractivity contribution < 1.29 is 19.4 Å². The zero-order valence-electron chi connectivity index (χ0n) is 11.5. The van der Waals surface area contributed by atoms with Crippen molar-refractivity contribution in [3.63, 3.8) is 0 Å². The number of aromatic carboxylic acids is 1. The second kappa shape index (κ2) is 5.14. The lowest BCUT2D eigenvalue weighted by molar-refractivity contribution is -0.145. The highest BCUT2D eigenvalue weighted by molar-refractivity contribution is 5.86. The van der Waals surface area contributed by atoms with Gasteiger partial charge in [-0.25, -0.2) is 9.48 Å². The zero-order valence-corrected chi connectivity index (χ0v) is 11.5. The summed E-state index contributed by atoms with van der Waals surface area (Å²) in [6.07, 6.45) is 3.47. The first-order chi connectivity index (χ1) is 9.61. The summed E-state index contributed by atoms with van der Waals surface area (Å²) in [5, 5.41) is 16.9. The van der Waals surface area contributed by atoms with Crippen LogP contribution in [0.2, 0.25) is 0 Å². The van der Waals surface area contributed by atoms with Gasteiger partial charge in [0, 0.05) is 19.8 Å². The zero-order chi connectivity index (χ0) is 14.2. The van der Waals surface area contributed by atoms with Gasteiger partial charge in [-0.05, 0) is 32.6 Å². The molecule has 1 spiro atoms. The number of carboxylic acids is 1. The van der Waals surface area contributed by atoms with Crippen molar-refractivity contribution in [3.8, 4) is 0 Å². The molecule has 2 aliphatic heterocycles. The maximum absolute atomic E-state index is 11.1. The van der Waals surface area contributed by atoms with Crippen LogP contribution < -0.4 is 0 Å². The van der Waals surface area contributed by atoms with E-state index in [9.17, 15) is 4.79 Å². The van der Waals surface area contributed by atoms with Crippen molar-refractivity contribution in [2.75, 3.05) is 19.8 Å². The minimum atomic E-state index is -1.03. The molecule has 0 amide bonds. The quantitative estimate of drug-likeness (QED) is 0.876. The molecule has 7 heteroatoms. The molecule has 1 unspecified atom stereocenters. The van der Waals surface area contributed by atoms with Gasteiger partial charge in [0.2, 0.25) is 0 Å². The Bertz CT molecular complexity index is 502. The Morgan fingerprint density at radius 3 is 2.80 bits per heavy atom. The van der Waals surface area contributed by atoms with Gasteiger partial charge in [-0.15, -0.1) is 5.10 Å². The van der Waals surface area contributed by atoms with Crippen molar-refractivity contribution >= 4 is 5.97 Å². The van der Waals surface area contributed by atoms with Gasteiger partial charge in [0.15, 0.2) is 5.69 Å². The van der Waals surface area contributed by atoms with Crippen LogP contribution in [0.5, 0.6) is 0 Å². The van der Waals surface area contributed by atoms with Gasteiger partial charge in [0.25, 0.3) is 0 Å². The van der Waals surface area contributed by atoms with E-state index in [4.69, 9.17) is 14.6 Å². The molecule has 3 rings (SSSR count). The second-order valence-electron chi connectivity index (χ2n) is 5.56. The summed E-state index contributed by atoms with van der Waals surface area (Å²) < 4.78 is 13.2. The Labute approximate surface area is 116 Å². The molecule has 2 saturated heterocycles. The van der Waals surface area contributed by atoms with Crippen LogP contribution in [0.3, 0.4) is 0 Å². The number of carboxylic acid groups (broad SMARTS) is 1. The van der Waals surface area contributed by atoms with E-state index in [0.29, 0.717) is 12.3 Å². The Balaban J connectivity index is 1.81. The average Bonchev–Trinajstić information content (AvgIpc) is 2.82. The molecule has 0 aliphatic carbocycles. The summed E-state index contributed by atoms with van der Waals surface area (Å²) >= 11 is 0. The van der Waals surface area contributed by atoms with Crippen LogP contribution in [-0.4, -0.2) is 51.5 Å². The molecule has 110 valence electrons. The topological polar surface area (TPSA) is 86.5 Å². The lowest BCUT2D eigenvalue weighted by Gasteiger charge is -2.43. The predicted octanol–water partition coefficient (Wildman–Crippen LogP) is 1.19. The number of aromatic nitrogens is 3. The normalized spacial score (nSPS) is 25.8. The Hall–Kier alpha value is -1.47. The SMILES string of the molecule is Cc1c(C(=O)O)nnn1C1CCOC2(CCOCC2)C1. The first kappa shape index (κ1) is 13.5. The van der Waals surface area contributed by atoms with E-state index in [1.54, 1.807) is 11.6 Å². The van der Waals surface area contributed by atoms with Gasteiger partial charge in [-0.3, -0.25) is 0 Å². The van der Waals surface area contributed by atoms with E-state index in [2.05, 4.69) is 10.3 Å². The van der Waals surface area contributed by atoms with Gasteiger partial charge < -0.3 is 14.6 Å². The maximum atomic E-state index is 11.1. The average molecular weight is 281 g/mol. The minimum Gasteiger partial charge on any atom is -0.476 e. The highest BCUT2D eigenvalue weighted by Gasteiger charge is 2.40. The van der Waals surface area contributed by atoms with Gasteiger partial charge in [0.1, 0.15) is 0 Å². The van der Waals surface area contributed by atoms with Crippen molar-refractivity contribution in [2.24, 2.45) is 0 Å². The molecule has 1 aromatic rings. The molecule has 0 aromatic carbocycles. The molecule has 20 heavy (non-hydrogen) atoms. The maximum Gasteiger partial charge on any atom is 0.358 e. The number of carbonyl (C=O) groups is 1. The second-order valence-corrected chi connectivity index (χ2v) is 5.56. The number of nitrogens with zero attached hydrogens (tertiary/aromatic N) is 3. The number of hydrogen-bond donors (Lipinski definition) is 1. The lowest BCUT2D eigenvalue weighted by Crippen LogP contribution is -2.45. The Kier molecular flexibility index (Phi) is 3.47. The summed E-state index contributed by atoms with van der Waals surface area (Å²) in [5.41, 5.74) is 0.521. The molecule has 0 radical (unpaired) electrons. The molecular formula is C13H19N3O4. The van der Waals surface area contributed by atoms with Crippen LogP contribution in [0.4, 0.5) is 0 Å². The summed E-state index contributed by atoms with van der Waals surface area (Å²) in [7, 11) is 0. The van der Waals surface area contributed by atoms with Crippen LogP contribution in [-0.2, 0) is 9.47 Å². The fraction of sp³-hybridized carbons (Fsp3) is 0.769. The van der Waals surface area contributed by atoms with Crippen LogP contribution in [0.15, 0.2) is 0 Å². The summed E-state index contributed by atoms with van der Waals surface area (Å²) in [6.45, 7) is 3.88. The first-order valence-electron chi connectivity index (χ1n) is 6.98. The van der Waals surface area contributed by atoms with E-state index in [-0.39, 0.29) is 17.3 Å². The molecule has 2 aliphatic rings. The van der Waals surface area contributed by atoms with Crippen LogP contribution in [0, 0.1) is 6.92 Å². The van der Waals surface area contributed by atoms with Gasteiger partial charge in [-0.1, -0.05) is 5.21 Å². The van der Waals surface area contributed by atoms with Crippen LogP contribution in [0.1, 0.15) is 47.9 Å². The van der Waals surface area contributed by atoms with Crippen molar-refractivity contribution in [1.82, 2.24) is 15.0 Å². The molecule has 7 nitrogen and oxygen atoms in total. The first-order valence-corrected chi connectivity index (χ1v) is 6.98. The van der Waals surface area contributed by atoms with Crippen molar-refractivity contribution in [3.05, 3.63) is 11.4 Å². The van der Waals surface area contributed by atoms with E-state index >= 15 is 0 Å². The largest absolute Gasteiger partial charge is 0.476 e. The van der Waals surface area contributed by atoms with E-state index in [0.717, 1.165) is 38.9 Å². The highest BCUT2D eigenvalue weighted by atomic mass is 16.5. The Morgan fingerprint density at radius 2 is 2.15 bits per heavy atom. The molecular weight excluding hydrogens is 262 g/mol. The van der Waals surface area contributed by atoms with Crippen molar-refractivity contribution in [2.45, 2.75) is 44.2 Å². The number of ether oxygens (including phenoxy) is 2. The van der Waals surface area contributed by atoms with Crippen LogP contribution in [0.25, 0.3) is 0 Å². The van der Waals surface area contributed by atoms with Crippen molar-refractivity contribution in [1.29, 1.82) is 0 Å². The van der Waals surface area contributed by atoms with Gasteiger partial charge >= 0.3 is 5.97 Å². The molecule has 1 aromatic heterocycles. The molecule has 3 heterocycles. The molecule has 1 atom stereocenters. The third-order valence-electron chi connectivity index (χ3n) is 4.35. The monoisotopic (exact) mass is 281 g/mol. The number of hydrogen-bond acceptors (Lipinski definition) is 5. The minimum absolute atomic E-state index is 0.0394. The molecule has 0 bridgehead atoms. The third kappa shape index (κ3) is 2.31. The van der Waals surface area contributed by atoms with E-state index in [1.165, 1.54) is 0 Å².